The van der Waals surface area contributed by atoms with Gasteiger partial charge in [-0.15, -0.1) is 11.3 Å². The highest BCUT2D eigenvalue weighted by molar-refractivity contribution is 7.18. The summed E-state index contributed by atoms with van der Waals surface area (Å²) >= 11 is 1.47. The van der Waals surface area contributed by atoms with Gasteiger partial charge in [0.1, 0.15) is 5.01 Å². The number of thiazole rings is 1. The molecule has 1 aromatic carbocycles. The van der Waals surface area contributed by atoms with Crippen LogP contribution in [0.1, 0.15) is 16.1 Å². The fourth-order valence-corrected chi connectivity index (χ4v) is 3.10. The van der Waals surface area contributed by atoms with Gasteiger partial charge in [0, 0.05) is 29.1 Å². The van der Waals surface area contributed by atoms with Gasteiger partial charge in [0.15, 0.2) is 11.4 Å². The average Bonchev–Trinajstić information content (AvgIpc) is 3.00. The Morgan fingerprint density at radius 3 is 2.55 bits per heavy atom. The maximum atomic E-state index is 11.0. The molecular formula is C16H12N2O3S. The molecule has 0 aliphatic rings. The minimum absolute atomic E-state index is 0.306. The Balaban J connectivity index is 2.04. The summed E-state index contributed by atoms with van der Waals surface area (Å²) in [6.07, 6.45) is 3.16. The van der Waals surface area contributed by atoms with Crippen molar-refractivity contribution in [1.29, 1.82) is 0 Å². The molecule has 0 unspecified atom stereocenters. The Morgan fingerprint density at radius 2 is 1.86 bits per heavy atom. The SMILES string of the molecule is Cc1c(-c2cnc(-c3ccccc3)s2)cnc(C(=O)O)c1O. The van der Waals surface area contributed by atoms with Crippen molar-refractivity contribution < 1.29 is 15.0 Å². The van der Waals surface area contributed by atoms with Crippen LogP contribution in [-0.2, 0) is 0 Å². The number of aromatic hydroxyl groups is 1. The molecular weight excluding hydrogens is 300 g/mol. The van der Waals surface area contributed by atoms with Crippen molar-refractivity contribution >= 4 is 17.3 Å². The summed E-state index contributed by atoms with van der Waals surface area (Å²) in [5, 5.41) is 19.8. The summed E-state index contributed by atoms with van der Waals surface area (Å²) < 4.78 is 0. The lowest BCUT2D eigenvalue weighted by molar-refractivity contribution is 0.0687. The van der Waals surface area contributed by atoms with Crippen LogP contribution in [0.5, 0.6) is 5.75 Å². The van der Waals surface area contributed by atoms with Crippen LogP contribution >= 0.6 is 11.3 Å². The molecule has 0 saturated carbocycles. The van der Waals surface area contributed by atoms with Gasteiger partial charge in [-0.1, -0.05) is 30.3 Å². The Bertz CT molecular complexity index is 844. The van der Waals surface area contributed by atoms with E-state index >= 15 is 0 Å². The van der Waals surface area contributed by atoms with E-state index in [2.05, 4.69) is 9.97 Å². The van der Waals surface area contributed by atoms with E-state index in [0.717, 1.165) is 15.4 Å². The van der Waals surface area contributed by atoms with Crippen molar-refractivity contribution in [2.75, 3.05) is 0 Å². The molecule has 0 aliphatic heterocycles. The van der Waals surface area contributed by atoms with Gasteiger partial charge in [0.2, 0.25) is 0 Å². The predicted molar refractivity (Wildman–Crippen MR) is 84.1 cm³/mol. The second-order valence-corrected chi connectivity index (χ2v) is 5.73. The molecule has 2 N–H and O–H groups in total. The van der Waals surface area contributed by atoms with Gasteiger partial charge in [0.25, 0.3) is 0 Å². The minimum atomic E-state index is -1.25. The number of rotatable bonds is 3. The van der Waals surface area contributed by atoms with Gasteiger partial charge in [0.05, 0.1) is 4.88 Å². The molecule has 0 atom stereocenters. The maximum absolute atomic E-state index is 11.0. The summed E-state index contributed by atoms with van der Waals surface area (Å²) in [4.78, 5) is 20.0. The zero-order chi connectivity index (χ0) is 15.7. The van der Waals surface area contributed by atoms with Crippen molar-refractivity contribution in [1.82, 2.24) is 9.97 Å². The molecule has 110 valence electrons. The normalized spacial score (nSPS) is 10.6. The van der Waals surface area contributed by atoms with Crippen molar-refractivity contribution in [2.24, 2.45) is 0 Å². The van der Waals surface area contributed by atoms with Crippen LogP contribution in [0.2, 0.25) is 0 Å². The number of nitrogens with zero attached hydrogens (tertiary/aromatic N) is 2. The highest BCUT2D eigenvalue weighted by Gasteiger charge is 2.18. The topological polar surface area (TPSA) is 83.3 Å². The van der Waals surface area contributed by atoms with E-state index < -0.39 is 5.97 Å². The largest absolute Gasteiger partial charge is 0.505 e. The van der Waals surface area contributed by atoms with Crippen molar-refractivity contribution in [3.63, 3.8) is 0 Å². The lowest BCUT2D eigenvalue weighted by atomic mass is 10.1. The van der Waals surface area contributed by atoms with Crippen LogP contribution in [0, 0.1) is 6.92 Å². The third-order valence-corrected chi connectivity index (χ3v) is 4.38. The molecule has 5 nitrogen and oxygen atoms in total. The molecule has 3 aromatic rings. The first kappa shape index (κ1) is 14.2. The third-order valence-electron chi connectivity index (χ3n) is 3.30. The molecule has 0 amide bonds. The smallest absolute Gasteiger partial charge is 0.358 e. The number of hydrogen-bond acceptors (Lipinski definition) is 5. The highest BCUT2D eigenvalue weighted by Crippen LogP contribution is 2.36. The first-order valence-corrected chi connectivity index (χ1v) is 7.33. The monoisotopic (exact) mass is 312 g/mol. The van der Waals surface area contributed by atoms with Gasteiger partial charge >= 0.3 is 5.97 Å². The molecule has 0 saturated heterocycles. The number of aromatic nitrogens is 2. The number of carboxylic acid groups (broad SMARTS) is 1. The number of aromatic carboxylic acids is 1. The quantitative estimate of drug-likeness (QED) is 0.772. The average molecular weight is 312 g/mol. The van der Waals surface area contributed by atoms with E-state index in [0.29, 0.717) is 11.1 Å². The number of carboxylic acids is 1. The molecule has 0 bridgehead atoms. The van der Waals surface area contributed by atoms with Crippen LogP contribution in [-0.4, -0.2) is 26.2 Å². The first-order chi connectivity index (χ1) is 10.6. The molecule has 0 aliphatic carbocycles. The summed E-state index contributed by atoms with van der Waals surface area (Å²) in [5.74, 6) is -1.55. The van der Waals surface area contributed by atoms with E-state index in [9.17, 15) is 9.90 Å². The summed E-state index contributed by atoms with van der Waals surface area (Å²) in [5.41, 5.74) is 1.84. The zero-order valence-electron chi connectivity index (χ0n) is 11.6. The predicted octanol–water partition coefficient (Wildman–Crippen LogP) is 3.58. The van der Waals surface area contributed by atoms with Crippen molar-refractivity contribution in [3.8, 4) is 26.8 Å². The number of benzene rings is 1. The maximum Gasteiger partial charge on any atom is 0.358 e. The van der Waals surface area contributed by atoms with Crippen LogP contribution in [0.4, 0.5) is 0 Å². The van der Waals surface area contributed by atoms with E-state index in [1.165, 1.54) is 17.5 Å². The standard InChI is InChI=1S/C16H12N2O3S/c1-9-11(7-17-13(14(9)19)16(20)21)12-8-18-15(22-12)10-5-3-2-4-6-10/h2-8,19H,1H3,(H,20,21). The van der Waals surface area contributed by atoms with Crippen LogP contribution in [0.25, 0.3) is 21.0 Å². The van der Waals surface area contributed by atoms with Crippen LogP contribution < -0.4 is 0 Å². The zero-order valence-corrected chi connectivity index (χ0v) is 12.5. The van der Waals surface area contributed by atoms with Gasteiger partial charge < -0.3 is 10.2 Å². The molecule has 6 heteroatoms. The number of pyridine rings is 1. The van der Waals surface area contributed by atoms with Gasteiger partial charge in [-0.25, -0.2) is 14.8 Å². The second kappa shape index (κ2) is 5.57. The van der Waals surface area contributed by atoms with E-state index in [-0.39, 0.29) is 11.4 Å². The van der Waals surface area contributed by atoms with E-state index in [1.807, 2.05) is 30.3 Å². The Hall–Kier alpha value is -2.73. The first-order valence-electron chi connectivity index (χ1n) is 6.51. The fourth-order valence-electron chi connectivity index (χ4n) is 2.11. The van der Waals surface area contributed by atoms with Gasteiger partial charge in [-0.3, -0.25) is 0 Å². The van der Waals surface area contributed by atoms with E-state index in [1.54, 1.807) is 13.1 Å². The van der Waals surface area contributed by atoms with Crippen LogP contribution in [0.3, 0.4) is 0 Å². The molecule has 0 spiro atoms. The Morgan fingerprint density at radius 1 is 1.14 bits per heavy atom. The van der Waals surface area contributed by atoms with Gasteiger partial charge in [-0.05, 0) is 6.92 Å². The van der Waals surface area contributed by atoms with Crippen molar-refractivity contribution in [2.45, 2.75) is 6.92 Å². The molecule has 22 heavy (non-hydrogen) atoms. The lowest BCUT2D eigenvalue weighted by Gasteiger charge is -2.07. The fraction of sp³-hybridized carbons (Fsp3) is 0.0625. The second-order valence-electron chi connectivity index (χ2n) is 4.69. The molecule has 0 radical (unpaired) electrons. The summed E-state index contributed by atoms with van der Waals surface area (Å²) in [7, 11) is 0. The molecule has 2 aromatic heterocycles. The highest BCUT2D eigenvalue weighted by atomic mass is 32.1. The lowest BCUT2D eigenvalue weighted by Crippen LogP contribution is -2.02. The molecule has 3 rings (SSSR count). The number of hydrogen-bond donors (Lipinski definition) is 2. The molecule has 2 heterocycles. The van der Waals surface area contributed by atoms with E-state index in [4.69, 9.17) is 5.11 Å². The van der Waals surface area contributed by atoms with Crippen molar-refractivity contribution in [3.05, 3.63) is 54.0 Å². The number of carbonyl (C=O) groups is 1. The van der Waals surface area contributed by atoms with Gasteiger partial charge in [-0.2, -0.15) is 0 Å². The summed E-state index contributed by atoms with van der Waals surface area (Å²) in [6.45, 7) is 1.67. The molecule has 0 fully saturated rings. The van der Waals surface area contributed by atoms with Crippen LogP contribution in [0.15, 0.2) is 42.7 Å². The third kappa shape index (κ3) is 2.44. The summed E-state index contributed by atoms with van der Waals surface area (Å²) in [6, 6.07) is 9.76. The Kier molecular flexibility index (Phi) is 3.60. The Labute approximate surface area is 130 Å². The minimum Gasteiger partial charge on any atom is -0.505 e.